The Labute approximate surface area is 200 Å². The van der Waals surface area contributed by atoms with Crippen LogP contribution in [0.15, 0.2) is 35.7 Å². The summed E-state index contributed by atoms with van der Waals surface area (Å²) in [5.74, 6) is 1.24. The summed E-state index contributed by atoms with van der Waals surface area (Å²) in [7, 11) is 8.22. The van der Waals surface area contributed by atoms with Crippen LogP contribution < -0.4 is 9.47 Å². The van der Waals surface area contributed by atoms with Crippen LogP contribution in [0.5, 0.6) is 11.5 Å². The fraction of sp³-hybridized carbons (Fsp3) is 0.500. The molecule has 0 fully saturated rings. The lowest BCUT2D eigenvalue weighted by Crippen LogP contribution is -2.47. The van der Waals surface area contributed by atoms with Gasteiger partial charge in [0, 0.05) is 45.8 Å². The molecule has 2 rings (SSSR count). The van der Waals surface area contributed by atoms with Gasteiger partial charge in [0.25, 0.3) is 0 Å². The minimum atomic E-state index is -0.185. The molecule has 0 unspecified atom stereocenters. The number of hydrogen-bond acceptors (Lipinski definition) is 6. The van der Waals surface area contributed by atoms with Crippen LogP contribution in [-0.4, -0.2) is 88.3 Å². The van der Waals surface area contributed by atoms with Crippen molar-refractivity contribution in [1.29, 1.82) is 0 Å². The van der Waals surface area contributed by atoms with Crippen LogP contribution in [0.2, 0.25) is 0 Å². The maximum absolute atomic E-state index is 13.3. The number of carbonyl (C=O) groups is 2. The van der Waals surface area contributed by atoms with Gasteiger partial charge in [-0.15, -0.1) is 11.3 Å². The lowest BCUT2D eigenvalue weighted by molar-refractivity contribution is -0.132. The standard InChI is InChI=1S/C24H35N3O5S/c1-25(2)24(29)27(12-7-14-30-3)18-23(28)26(17-20-8-6-15-33-20)13-11-19-9-10-21(31-4)22(16-19)32-5/h6,8-10,15-16H,7,11-14,17-18H2,1-5H3. The zero-order chi connectivity index (χ0) is 24.2. The summed E-state index contributed by atoms with van der Waals surface area (Å²) in [4.78, 5) is 32.0. The maximum atomic E-state index is 13.3. The van der Waals surface area contributed by atoms with Crippen LogP contribution in [0, 0.1) is 0 Å². The van der Waals surface area contributed by atoms with E-state index in [2.05, 4.69) is 0 Å². The average Bonchev–Trinajstić information content (AvgIpc) is 3.33. The van der Waals surface area contributed by atoms with Gasteiger partial charge in [-0.05, 0) is 42.0 Å². The molecule has 8 nitrogen and oxygen atoms in total. The van der Waals surface area contributed by atoms with Crippen molar-refractivity contribution in [1.82, 2.24) is 14.7 Å². The first kappa shape index (κ1) is 26.5. The molecule has 0 saturated heterocycles. The molecule has 0 N–H and O–H groups in total. The van der Waals surface area contributed by atoms with Gasteiger partial charge in [-0.1, -0.05) is 12.1 Å². The fourth-order valence-corrected chi connectivity index (χ4v) is 4.09. The summed E-state index contributed by atoms with van der Waals surface area (Å²) < 4.78 is 15.8. The Hall–Kier alpha value is -2.78. The molecule has 182 valence electrons. The minimum absolute atomic E-state index is 0.0258. The van der Waals surface area contributed by atoms with Crippen molar-refractivity contribution in [2.45, 2.75) is 19.4 Å². The molecular weight excluding hydrogens is 442 g/mol. The Kier molecular flexibility index (Phi) is 11.0. The number of thiophene rings is 1. The van der Waals surface area contributed by atoms with Gasteiger partial charge in [0.2, 0.25) is 5.91 Å². The second kappa shape index (κ2) is 13.7. The van der Waals surface area contributed by atoms with Crippen molar-refractivity contribution in [2.24, 2.45) is 0 Å². The third kappa shape index (κ3) is 8.25. The molecule has 9 heteroatoms. The highest BCUT2D eigenvalue weighted by molar-refractivity contribution is 7.09. The van der Waals surface area contributed by atoms with Gasteiger partial charge in [0.05, 0.1) is 20.8 Å². The van der Waals surface area contributed by atoms with Crippen LogP contribution in [0.4, 0.5) is 4.79 Å². The van der Waals surface area contributed by atoms with Gasteiger partial charge >= 0.3 is 6.03 Å². The number of hydrogen-bond donors (Lipinski definition) is 0. The van der Waals surface area contributed by atoms with Crippen molar-refractivity contribution in [3.8, 4) is 11.5 Å². The van der Waals surface area contributed by atoms with Crippen LogP contribution in [0.3, 0.4) is 0 Å². The second-order valence-electron chi connectivity index (χ2n) is 7.78. The van der Waals surface area contributed by atoms with Gasteiger partial charge < -0.3 is 28.9 Å². The van der Waals surface area contributed by atoms with Gasteiger partial charge in [0.1, 0.15) is 6.54 Å². The summed E-state index contributed by atoms with van der Waals surface area (Å²) in [5.41, 5.74) is 1.04. The van der Waals surface area contributed by atoms with E-state index in [4.69, 9.17) is 14.2 Å². The number of methoxy groups -OCH3 is 3. The van der Waals surface area contributed by atoms with Crippen LogP contribution in [0.25, 0.3) is 0 Å². The molecule has 0 atom stereocenters. The molecule has 0 bridgehead atoms. The van der Waals surface area contributed by atoms with Crippen molar-refractivity contribution in [3.63, 3.8) is 0 Å². The second-order valence-corrected chi connectivity index (χ2v) is 8.81. The Balaban J connectivity index is 2.14. The smallest absolute Gasteiger partial charge is 0.319 e. The Morgan fingerprint density at radius 3 is 2.33 bits per heavy atom. The van der Waals surface area contributed by atoms with Gasteiger partial charge in [-0.2, -0.15) is 0 Å². The fourth-order valence-electron chi connectivity index (χ4n) is 3.37. The largest absolute Gasteiger partial charge is 0.493 e. The molecule has 1 aromatic heterocycles. The van der Waals surface area contributed by atoms with Crippen molar-refractivity contribution >= 4 is 23.3 Å². The topological polar surface area (TPSA) is 71.5 Å². The lowest BCUT2D eigenvalue weighted by atomic mass is 10.1. The summed E-state index contributed by atoms with van der Waals surface area (Å²) in [6, 6.07) is 9.58. The molecule has 0 spiro atoms. The third-order valence-corrected chi connectivity index (χ3v) is 6.01. The number of urea groups is 1. The molecule has 0 aliphatic carbocycles. The number of ether oxygens (including phenoxy) is 3. The van der Waals surface area contributed by atoms with E-state index in [1.165, 1.54) is 4.90 Å². The highest BCUT2D eigenvalue weighted by Gasteiger charge is 2.23. The Bertz CT molecular complexity index is 873. The van der Waals surface area contributed by atoms with E-state index in [0.717, 1.165) is 10.4 Å². The average molecular weight is 478 g/mol. The van der Waals surface area contributed by atoms with Crippen molar-refractivity contribution in [3.05, 3.63) is 46.2 Å². The summed E-state index contributed by atoms with van der Waals surface area (Å²) >= 11 is 1.61. The lowest BCUT2D eigenvalue weighted by Gasteiger charge is -2.29. The molecule has 2 aromatic rings. The van der Waals surface area contributed by atoms with E-state index in [1.807, 2.05) is 40.6 Å². The summed E-state index contributed by atoms with van der Waals surface area (Å²) in [5, 5.41) is 2.00. The number of nitrogens with zero attached hydrogens (tertiary/aromatic N) is 3. The van der Waals surface area contributed by atoms with Gasteiger partial charge in [-0.25, -0.2) is 4.79 Å². The van der Waals surface area contributed by atoms with Gasteiger partial charge in [0.15, 0.2) is 11.5 Å². The SMILES string of the molecule is COCCCN(CC(=O)N(CCc1ccc(OC)c(OC)c1)Cc1cccs1)C(=O)N(C)C. The predicted octanol–water partition coefficient (Wildman–Crippen LogP) is 3.36. The molecule has 0 aliphatic rings. The quantitative estimate of drug-likeness (QED) is 0.414. The highest BCUT2D eigenvalue weighted by atomic mass is 32.1. The number of rotatable bonds is 13. The van der Waals surface area contributed by atoms with Crippen LogP contribution in [0.1, 0.15) is 16.9 Å². The van der Waals surface area contributed by atoms with E-state index in [1.54, 1.807) is 51.7 Å². The van der Waals surface area contributed by atoms with Gasteiger partial charge in [-0.3, -0.25) is 4.79 Å². The first-order valence-corrected chi connectivity index (χ1v) is 11.7. The Morgan fingerprint density at radius 2 is 1.73 bits per heavy atom. The van der Waals surface area contributed by atoms with Crippen LogP contribution in [-0.2, 0) is 22.5 Å². The molecule has 1 aromatic carbocycles. The van der Waals surface area contributed by atoms with E-state index >= 15 is 0 Å². The molecule has 1 heterocycles. The molecule has 3 amide bonds. The normalized spacial score (nSPS) is 10.6. The molecule has 0 radical (unpaired) electrons. The Morgan fingerprint density at radius 1 is 0.970 bits per heavy atom. The zero-order valence-corrected chi connectivity index (χ0v) is 21.0. The maximum Gasteiger partial charge on any atom is 0.319 e. The monoisotopic (exact) mass is 477 g/mol. The van der Waals surface area contributed by atoms with E-state index in [-0.39, 0.29) is 18.5 Å². The summed E-state index contributed by atoms with van der Waals surface area (Å²) in [6.45, 7) is 2.04. The van der Waals surface area contributed by atoms with E-state index in [0.29, 0.717) is 50.6 Å². The number of carbonyl (C=O) groups excluding carboxylic acids is 2. The molecular formula is C24H35N3O5S. The zero-order valence-electron chi connectivity index (χ0n) is 20.2. The highest BCUT2D eigenvalue weighted by Crippen LogP contribution is 2.28. The summed E-state index contributed by atoms with van der Waals surface area (Å²) in [6.07, 6.45) is 1.32. The van der Waals surface area contributed by atoms with Crippen molar-refractivity contribution in [2.75, 3.05) is 61.7 Å². The van der Waals surface area contributed by atoms with Crippen molar-refractivity contribution < 1.29 is 23.8 Å². The van der Waals surface area contributed by atoms with E-state index in [9.17, 15) is 9.59 Å². The van der Waals surface area contributed by atoms with Crippen LogP contribution >= 0.6 is 11.3 Å². The third-order valence-electron chi connectivity index (χ3n) is 5.15. The molecule has 0 aliphatic heterocycles. The van der Waals surface area contributed by atoms with E-state index < -0.39 is 0 Å². The number of amides is 3. The molecule has 33 heavy (non-hydrogen) atoms. The number of benzene rings is 1. The molecule has 0 saturated carbocycles. The predicted molar refractivity (Wildman–Crippen MR) is 130 cm³/mol. The minimum Gasteiger partial charge on any atom is -0.493 e. The first-order chi connectivity index (χ1) is 15.9. The first-order valence-electron chi connectivity index (χ1n) is 10.9.